The number of thiophene rings is 1. The Balaban J connectivity index is 1.51. The second-order valence-electron chi connectivity index (χ2n) is 6.95. The van der Waals surface area contributed by atoms with Gasteiger partial charge in [-0.3, -0.25) is 9.69 Å². The van der Waals surface area contributed by atoms with Crippen molar-refractivity contribution >= 4 is 43.2 Å². The van der Waals surface area contributed by atoms with E-state index < -0.39 is 10.0 Å². The lowest BCUT2D eigenvalue weighted by Gasteiger charge is -2.35. The highest BCUT2D eigenvalue weighted by atomic mass is 79.9. The number of likely N-dealkylation sites (N-methyl/N-ethyl adjacent to an activating group) is 1. The number of rotatable bonds is 6. The molecule has 1 saturated heterocycles. The summed E-state index contributed by atoms with van der Waals surface area (Å²) in [6.07, 6.45) is 1.11. The molecule has 9 heteroatoms. The zero-order valence-corrected chi connectivity index (χ0v) is 19.2. The molecular formula is C19H24BrN3O3S2. The van der Waals surface area contributed by atoms with Gasteiger partial charge in [-0.1, -0.05) is 28.1 Å². The van der Waals surface area contributed by atoms with Crippen LogP contribution in [-0.2, 0) is 21.4 Å². The van der Waals surface area contributed by atoms with Gasteiger partial charge in [-0.2, -0.15) is 4.31 Å². The molecular weight excluding hydrogens is 462 g/mol. The Labute approximate surface area is 178 Å². The third kappa shape index (κ3) is 5.64. The average molecular weight is 486 g/mol. The molecule has 0 N–H and O–H groups in total. The van der Waals surface area contributed by atoms with E-state index in [0.717, 1.165) is 34.7 Å². The molecule has 6 nitrogen and oxygen atoms in total. The number of sulfonamides is 1. The summed E-state index contributed by atoms with van der Waals surface area (Å²) >= 11 is 5.26. The Morgan fingerprint density at radius 3 is 2.36 bits per heavy atom. The van der Waals surface area contributed by atoms with Gasteiger partial charge < -0.3 is 4.90 Å². The first kappa shape index (κ1) is 21.4. The molecule has 0 radical (unpaired) electrons. The predicted octanol–water partition coefficient (Wildman–Crippen LogP) is 2.71. The van der Waals surface area contributed by atoms with Gasteiger partial charge in [0.15, 0.2) is 0 Å². The fourth-order valence-corrected chi connectivity index (χ4v) is 4.68. The van der Waals surface area contributed by atoms with Crippen LogP contribution in [0, 0.1) is 0 Å². The van der Waals surface area contributed by atoms with Crippen molar-refractivity contribution in [2.24, 2.45) is 0 Å². The van der Waals surface area contributed by atoms with Crippen molar-refractivity contribution in [1.29, 1.82) is 0 Å². The van der Waals surface area contributed by atoms with Crippen LogP contribution in [0.5, 0.6) is 0 Å². The number of carbonyl (C=O) groups is 1. The van der Waals surface area contributed by atoms with Crippen molar-refractivity contribution in [3.63, 3.8) is 0 Å². The van der Waals surface area contributed by atoms with Gasteiger partial charge in [0.1, 0.15) is 0 Å². The number of piperazine rings is 1. The first-order chi connectivity index (χ1) is 13.2. The minimum atomic E-state index is -3.34. The lowest BCUT2D eigenvalue weighted by atomic mass is 10.2. The van der Waals surface area contributed by atoms with Crippen molar-refractivity contribution in [3.05, 3.63) is 45.7 Å². The van der Waals surface area contributed by atoms with Crippen molar-refractivity contribution in [2.75, 3.05) is 46.0 Å². The molecule has 0 bridgehead atoms. The van der Waals surface area contributed by atoms with Gasteiger partial charge in [-0.25, -0.2) is 8.42 Å². The van der Waals surface area contributed by atoms with Crippen molar-refractivity contribution in [1.82, 2.24) is 14.1 Å². The van der Waals surface area contributed by atoms with Crippen LogP contribution in [-0.4, -0.2) is 74.5 Å². The van der Waals surface area contributed by atoms with Crippen LogP contribution in [0.15, 0.2) is 40.9 Å². The van der Waals surface area contributed by atoms with Crippen LogP contribution in [0.2, 0.25) is 0 Å². The summed E-state index contributed by atoms with van der Waals surface area (Å²) in [5.74, 6) is -0.138. The Morgan fingerprint density at radius 1 is 1.11 bits per heavy atom. The van der Waals surface area contributed by atoms with Crippen LogP contribution in [0.1, 0.15) is 4.88 Å². The number of carbonyl (C=O) groups excluding carboxylic acids is 1. The van der Waals surface area contributed by atoms with Gasteiger partial charge in [0, 0.05) is 54.0 Å². The third-order valence-corrected chi connectivity index (χ3v) is 7.73. The molecule has 1 amide bonds. The van der Waals surface area contributed by atoms with Gasteiger partial charge in [0.25, 0.3) is 0 Å². The Bertz CT molecular complexity index is 920. The normalized spacial score (nSPS) is 15.9. The summed E-state index contributed by atoms with van der Waals surface area (Å²) in [6.45, 7) is 3.61. The lowest BCUT2D eigenvalue weighted by molar-refractivity contribution is -0.133. The second kappa shape index (κ2) is 9.04. The number of halogens is 1. The minimum Gasteiger partial charge on any atom is -0.339 e. The highest BCUT2D eigenvalue weighted by Crippen LogP contribution is 2.30. The molecule has 28 heavy (non-hydrogen) atoms. The average Bonchev–Trinajstić information content (AvgIpc) is 3.10. The molecule has 1 aromatic heterocycles. The number of nitrogens with zero attached hydrogens (tertiary/aromatic N) is 3. The second-order valence-corrected chi connectivity index (χ2v) is 11.1. The maximum Gasteiger partial charge on any atom is 0.237 e. The molecule has 2 aromatic rings. The van der Waals surface area contributed by atoms with Crippen LogP contribution in [0.4, 0.5) is 0 Å². The fourth-order valence-electron chi connectivity index (χ4n) is 3.02. The quantitative estimate of drug-likeness (QED) is 0.630. The monoisotopic (exact) mass is 485 g/mol. The number of hydrogen-bond acceptors (Lipinski definition) is 5. The highest BCUT2D eigenvalue weighted by molar-refractivity contribution is 9.10. The molecule has 1 aliphatic heterocycles. The molecule has 3 rings (SSSR count). The van der Waals surface area contributed by atoms with Crippen molar-refractivity contribution in [3.8, 4) is 10.4 Å². The smallest absolute Gasteiger partial charge is 0.237 e. The topological polar surface area (TPSA) is 60.9 Å². The fraction of sp³-hybridized carbons (Fsp3) is 0.421. The van der Waals surface area contributed by atoms with Gasteiger partial charge in [-0.05, 0) is 29.8 Å². The molecule has 152 valence electrons. The van der Waals surface area contributed by atoms with E-state index in [2.05, 4.69) is 45.1 Å². The van der Waals surface area contributed by atoms with Gasteiger partial charge in [-0.15, -0.1) is 11.3 Å². The van der Waals surface area contributed by atoms with E-state index in [1.807, 2.05) is 12.1 Å². The van der Waals surface area contributed by atoms with Crippen LogP contribution in [0.25, 0.3) is 10.4 Å². The van der Waals surface area contributed by atoms with Gasteiger partial charge >= 0.3 is 0 Å². The summed E-state index contributed by atoms with van der Waals surface area (Å²) < 4.78 is 25.1. The molecule has 0 aliphatic carbocycles. The molecule has 1 aromatic carbocycles. The summed E-state index contributed by atoms with van der Waals surface area (Å²) in [4.78, 5) is 18.9. The standard InChI is InChI=1S/C19H24BrN3O3S2/c1-21(28(2,25)26)14-19(24)23-11-9-22(10-12-23)13-17-7-8-18(27-17)15-3-5-16(20)6-4-15/h3-8H,9-14H2,1-2H3. The minimum absolute atomic E-state index is 0.0969. The largest absolute Gasteiger partial charge is 0.339 e. The van der Waals surface area contributed by atoms with E-state index in [-0.39, 0.29) is 12.5 Å². The Morgan fingerprint density at radius 2 is 1.75 bits per heavy atom. The van der Waals surface area contributed by atoms with Gasteiger partial charge in [0.05, 0.1) is 12.8 Å². The summed E-state index contributed by atoms with van der Waals surface area (Å²) in [6, 6.07) is 12.6. The van der Waals surface area contributed by atoms with Crippen molar-refractivity contribution in [2.45, 2.75) is 6.54 Å². The van der Waals surface area contributed by atoms with Crippen molar-refractivity contribution < 1.29 is 13.2 Å². The van der Waals surface area contributed by atoms with E-state index in [4.69, 9.17) is 0 Å². The Hall–Kier alpha value is -1.26. The predicted molar refractivity (Wildman–Crippen MR) is 117 cm³/mol. The molecule has 1 aliphatic rings. The first-order valence-corrected chi connectivity index (χ1v) is 12.4. The molecule has 1 fully saturated rings. The molecule has 0 unspecified atom stereocenters. The third-order valence-electron chi connectivity index (χ3n) is 4.82. The van der Waals surface area contributed by atoms with E-state index in [0.29, 0.717) is 13.1 Å². The zero-order valence-electron chi connectivity index (χ0n) is 16.0. The molecule has 0 atom stereocenters. The van der Waals surface area contributed by atoms with Crippen LogP contribution < -0.4 is 0 Å². The van der Waals surface area contributed by atoms with Gasteiger partial charge in [0.2, 0.25) is 15.9 Å². The van der Waals surface area contributed by atoms with E-state index in [9.17, 15) is 13.2 Å². The lowest BCUT2D eigenvalue weighted by Crippen LogP contribution is -2.50. The number of hydrogen-bond donors (Lipinski definition) is 0. The summed E-state index contributed by atoms with van der Waals surface area (Å²) in [7, 11) is -1.90. The first-order valence-electron chi connectivity index (χ1n) is 8.98. The summed E-state index contributed by atoms with van der Waals surface area (Å²) in [5, 5.41) is 0. The maximum atomic E-state index is 12.3. The van der Waals surface area contributed by atoms with E-state index >= 15 is 0 Å². The zero-order chi connectivity index (χ0) is 20.3. The number of amides is 1. The Kier molecular flexibility index (Phi) is 6.93. The van der Waals surface area contributed by atoms with E-state index in [1.165, 1.54) is 22.4 Å². The highest BCUT2D eigenvalue weighted by Gasteiger charge is 2.24. The molecule has 0 saturated carbocycles. The molecule has 0 spiro atoms. The van der Waals surface area contributed by atoms with Crippen LogP contribution >= 0.6 is 27.3 Å². The number of benzene rings is 1. The van der Waals surface area contributed by atoms with Crippen LogP contribution in [0.3, 0.4) is 0 Å². The summed E-state index contributed by atoms with van der Waals surface area (Å²) in [5.41, 5.74) is 1.21. The maximum absolute atomic E-state index is 12.3. The van der Waals surface area contributed by atoms with E-state index in [1.54, 1.807) is 16.2 Å². The SMILES string of the molecule is CN(CC(=O)N1CCN(Cc2ccc(-c3ccc(Br)cc3)s2)CC1)S(C)(=O)=O. The molecule has 2 heterocycles.